The number of fused-ring (bicyclic) bond motifs is 1. The van der Waals surface area contributed by atoms with Crippen molar-refractivity contribution >= 4 is 11.7 Å². The van der Waals surface area contributed by atoms with Crippen molar-refractivity contribution in [1.29, 1.82) is 0 Å². The number of nitrogen functional groups attached to an aromatic ring is 1. The van der Waals surface area contributed by atoms with Crippen molar-refractivity contribution in [3.63, 3.8) is 0 Å². The Bertz CT molecular complexity index is 676. The van der Waals surface area contributed by atoms with Crippen LogP contribution in [0, 0.1) is 0 Å². The van der Waals surface area contributed by atoms with Crippen molar-refractivity contribution in [3.8, 4) is 5.69 Å². The monoisotopic (exact) mass is 285 g/mol. The summed E-state index contributed by atoms with van der Waals surface area (Å²) < 4.78 is 7.06. The fourth-order valence-electron chi connectivity index (χ4n) is 2.83. The third kappa shape index (κ3) is 2.39. The lowest BCUT2D eigenvalue weighted by Gasteiger charge is -2.16. The molecule has 0 amide bonds. The summed E-state index contributed by atoms with van der Waals surface area (Å²) in [5.74, 6) is -0.383. The van der Waals surface area contributed by atoms with Gasteiger partial charge in [0.15, 0.2) is 0 Å². The molecule has 1 aromatic heterocycles. The molecular weight excluding hydrogens is 266 g/mol. The number of hydrogen-bond acceptors (Lipinski definition) is 4. The summed E-state index contributed by atoms with van der Waals surface area (Å²) in [5.41, 5.74) is 10.2. The Kier molecular flexibility index (Phi) is 3.64. The molecule has 1 heterocycles. The van der Waals surface area contributed by atoms with E-state index < -0.39 is 0 Å². The highest BCUT2D eigenvalue weighted by Crippen LogP contribution is 2.28. The van der Waals surface area contributed by atoms with Crippen LogP contribution in [0.5, 0.6) is 0 Å². The number of nitrogens with zero attached hydrogens (tertiary/aromatic N) is 2. The molecule has 0 saturated heterocycles. The number of para-hydroxylation sites is 1. The van der Waals surface area contributed by atoms with Crippen LogP contribution >= 0.6 is 0 Å². The van der Waals surface area contributed by atoms with Gasteiger partial charge in [0.1, 0.15) is 0 Å². The summed E-state index contributed by atoms with van der Waals surface area (Å²) >= 11 is 0. The van der Waals surface area contributed by atoms with Gasteiger partial charge in [-0.15, -0.1) is 0 Å². The minimum absolute atomic E-state index is 0.336. The Morgan fingerprint density at radius 1 is 1.38 bits per heavy atom. The van der Waals surface area contributed by atoms with Crippen LogP contribution in [-0.2, 0) is 17.6 Å². The number of imidazole rings is 1. The van der Waals surface area contributed by atoms with Crippen LogP contribution in [0.1, 0.15) is 41.5 Å². The number of ether oxygens (including phenoxy) is 1. The van der Waals surface area contributed by atoms with E-state index in [1.54, 1.807) is 19.3 Å². The van der Waals surface area contributed by atoms with E-state index in [4.69, 9.17) is 10.5 Å². The van der Waals surface area contributed by atoms with Gasteiger partial charge in [-0.05, 0) is 44.7 Å². The molecule has 0 bridgehead atoms. The molecule has 5 heteroatoms. The minimum atomic E-state index is -0.383. The van der Waals surface area contributed by atoms with Crippen molar-refractivity contribution in [2.45, 2.75) is 32.6 Å². The molecule has 1 aliphatic carbocycles. The van der Waals surface area contributed by atoms with E-state index in [0.717, 1.165) is 30.6 Å². The van der Waals surface area contributed by atoms with Gasteiger partial charge in [0.25, 0.3) is 0 Å². The smallest absolute Gasteiger partial charge is 0.340 e. The number of rotatable bonds is 3. The van der Waals surface area contributed by atoms with Crippen LogP contribution in [-0.4, -0.2) is 22.1 Å². The Morgan fingerprint density at radius 2 is 2.19 bits per heavy atom. The predicted octanol–water partition coefficient (Wildman–Crippen LogP) is 2.51. The zero-order valence-corrected chi connectivity index (χ0v) is 12.1. The average Bonchev–Trinajstić information content (AvgIpc) is 2.91. The normalized spacial score (nSPS) is 13.8. The SMILES string of the molecule is CCOC(=O)c1cccc(-n2cnc3c2CCCC3)c1N. The van der Waals surface area contributed by atoms with Crippen LogP contribution < -0.4 is 5.73 Å². The standard InChI is InChI=1S/C16H19N3O2/c1-2-21-16(20)11-6-5-9-14(15(11)17)19-10-18-12-7-3-4-8-13(12)19/h5-6,9-10H,2-4,7-8,17H2,1H3. The molecule has 2 aromatic rings. The minimum Gasteiger partial charge on any atom is -0.462 e. The summed E-state index contributed by atoms with van der Waals surface area (Å²) in [6.07, 6.45) is 6.16. The number of esters is 1. The second-order valence-electron chi connectivity index (χ2n) is 5.17. The topological polar surface area (TPSA) is 70.1 Å². The number of anilines is 1. The molecule has 1 aromatic carbocycles. The van der Waals surface area contributed by atoms with Gasteiger partial charge in [-0.25, -0.2) is 9.78 Å². The molecule has 0 fully saturated rings. The van der Waals surface area contributed by atoms with Crippen molar-refractivity contribution in [3.05, 3.63) is 41.5 Å². The van der Waals surface area contributed by atoms with E-state index in [1.807, 2.05) is 16.7 Å². The van der Waals surface area contributed by atoms with Crippen molar-refractivity contribution in [1.82, 2.24) is 9.55 Å². The summed E-state index contributed by atoms with van der Waals surface area (Å²) in [6, 6.07) is 5.43. The number of benzene rings is 1. The first kappa shape index (κ1) is 13.7. The maximum absolute atomic E-state index is 11.9. The molecular formula is C16H19N3O2. The number of carbonyl (C=O) groups excluding carboxylic acids is 1. The Labute approximate surface area is 123 Å². The van der Waals surface area contributed by atoms with Crippen molar-refractivity contribution in [2.75, 3.05) is 12.3 Å². The van der Waals surface area contributed by atoms with E-state index in [9.17, 15) is 4.79 Å². The second-order valence-corrected chi connectivity index (χ2v) is 5.17. The van der Waals surface area contributed by atoms with E-state index in [2.05, 4.69) is 4.98 Å². The van der Waals surface area contributed by atoms with Crippen LogP contribution in [0.25, 0.3) is 5.69 Å². The van der Waals surface area contributed by atoms with E-state index in [-0.39, 0.29) is 5.97 Å². The van der Waals surface area contributed by atoms with Gasteiger partial charge in [-0.1, -0.05) is 6.07 Å². The van der Waals surface area contributed by atoms with E-state index in [1.165, 1.54) is 12.1 Å². The lowest BCUT2D eigenvalue weighted by Crippen LogP contribution is -2.12. The van der Waals surface area contributed by atoms with Crippen molar-refractivity contribution < 1.29 is 9.53 Å². The van der Waals surface area contributed by atoms with Gasteiger partial charge in [0.2, 0.25) is 0 Å². The molecule has 0 radical (unpaired) electrons. The van der Waals surface area contributed by atoms with Crippen molar-refractivity contribution in [2.24, 2.45) is 0 Å². The Morgan fingerprint density at radius 3 is 3.00 bits per heavy atom. The summed E-state index contributed by atoms with van der Waals surface area (Å²) in [5, 5.41) is 0. The van der Waals surface area contributed by atoms with Crippen LogP contribution in [0.4, 0.5) is 5.69 Å². The molecule has 0 spiro atoms. The number of nitrogens with two attached hydrogens (primary N) is 1. The Hall–Kier alpha value is -2.30. The van der Waals surface area contributed by atoms with Gasteiger partial charge in [-0.3, -0.25) is 0 Å². The highest BCUT2D eigenvalue weighted by atomic mass is 16.5. The number of aromatic nitrogens is 2. The summed E-state index contributed by atoms with van der Waals surface area (Å²) in [6.45, 7) is 2.12. The molecule has 0 unspecified atom stereocenters. The summed E-state index contributed by atoms with van der Waals surface area (Å²) in [4.78, 5) is 16.4. The molecule has 0 saturated carbocycles. The second kappa shape index (κ2) is 5.60. The fraction of sp³-hybridized carbons (Fsp3) is 0.375. The highest BCUT2D eigenvalue weighted by molar-refractivity contribution is 5.97. The molecule has 1 aliphatic rings. The third-order valence-electron chi connectivity index (χ3n) is 3.87. The summed E-state index contributed by atoms with van der Waals surface area (Å²) in [7, 11) is 0. The first-order valence-electron chi connectivity index (χ1n) is 7.33. The molecule has 3 rings (SSSR count). The molecule has 0 aliphatic heterocycles. The molecule has 0 atom stereocenters. The fourth-order valence-corrected chi connectivity index (χ4v) is 2.83. The Balaban J connectivity index is 2.05. The molecule has 2 N–H and O–H groups in total. The molecule has 21 heavy (non-hydrogen) atoms. The largest absolute Gasteiger partial charge is 0.462 e. The first-order valence-corrected chi connectivity index (χ1v) is 7.33. The van der Waals surface area contributed by atoms with Gasteiger partial charge in [-0.2, -0.15) is 0 Å². The lowest BCUT2D eigenvalue weighted by atomic mass is 10.0. The predicted molar refractivity (Wildman–Crippen MR) is 80.6 cm³/mol. The quantitative estimate of drug-likeness (QED) is 0.695. The van der Waals surface area contributed by atoms with Crippen LogP contribution in [0.15, 0.2) is 24.5 Å². The van der Waals surface area contributed by atoms with Gasteiger partial charge in [0, 0.05) is 5.69 Å². The first-order chi connectivity index (χ1) is 10.2. The zero-order valence-electron chi connectivity index (χ0n) is 12.1. The molecule has 5 nitrogen and oxygen atoms in total. The van der Waals surface area contributed by atoms with Crippen LogP contribution in [0.2, 0.25) is 0 Å². The van der Waals surface area contributed by atoms with Gasteiger partial charge in [0.05, 0.1) is 35.6 Å². The number of hydrogen-bond donors (Lipinski definition) is 1. The third-order valence-corrected chi connectivity index (χ3v) is 3.87. The number of aryl methyl sites for hydroxylation is 1. The highest BCUT2D eigenvalue weighted by Gasteiger charge is 2.19. The van der Waals surface area contributed by atoms with E-state index >= 15 is 0 Å². The maximum Gasteiger partial charge on any atom is 0.340 e. The zero-order chi connectivity index (χ0) is 14.8. The number of carbonyl (C=O) groups is 1. The lowest BCUT2D eigenvalue weighted by molar-refractivity contribution is 0.0527. The van der Waals surface area contributed by atoms with Gasteiger partial charge >= 0.3 is 5.97 Å². The molecule has 110 valence electrons. The van der Waals surface area contributed by atoms with Crippen LogP contribution in [0.3, 0.4) is 0 Å². The average molecular weight is 285 g/mol. The maximum atomic E-state index is 11.9. The van der Waals surface area contributed by atoms with E-state index in [0.29, 0.717) is 17.9 Å². The van der Waals surface area contributed by atoms with Gasteiger partial charge < -0.3 is 15.0 Å².